The zero-order chi connectivity index (χ0) is 12.5. The van der Waals surface area contributed by atoms with Crippen molar-refractivity contribution in [3.63, 3.8) is 0 Å². The normalized spacial score (nSPS) is 30.9. The molecule has 0 aromatic heterocycles. The van der Waals surface area contributed by atoms with Gasteiger partial charge in [0.05, 0.1) is 0 Å². The molecule has 1 aromatic carbocycles. The Morgan fingerprint density at radius 3 is 2.78 bits per heavy atom. The monoisotopic (exact) mass is 243 g/mol. The molecule has 0 radical (unpaired) electrons. The second-order valence-corrected chi connectivity index (χ2v) is 6.46. The van der Waals surface area contributed by atoms with Crippen LogP contribution in [0.25, 0.3) is 0 Å². The standard InChI is InChI=1S/C17H25N/c1-18(2)12-14-7-5-9-17-15-8-4-3-6-13(15)10-11-16(14)17/h3-4,6,8,14,16-17H,5,7,9-12H2,1-2H3/t14-,16+,17?/m0/s1. The van der Waals surface area contributed by atoms with Crippen LogP contribution in [0.1, 0.15) is 42.7 Å². The summed E-state index contributed by atoms with van der Waals surface area (Å²) in [5.41, 5.74) is 3.31. The molecule has 0 bridgehead atoms. The molecule has 1 unspecified atom stereocenters. The van der Waals surface area contributed by atoms with Gasteiger partial charge in [-0.3, -0.25) is 0 Å². The van der Waals surface area contributed by atoms with Gasteiger partial charge >= 0.3 is 0 Å². The highest BCUT2D eigenvalue weighted by Gasteiger charge is 2.37. The first kappa shape index (κ1) is 12.2. The Balaban J connectivity index is 1.85. The average molecular weight is 243 g/mol. The summed E-state index contributed by atoms with van der Waals surface area (Å²) in [5.74, 6) is 2.72. The van der Waals surface area contributed by atoms with E-state index in [1.807, 2.05) is 0 Å². The smallest absolute Gasteiger partial charge is 0.000643 e. The van der Waals surface area contributed by atoms with E-state index in [1.165, 1.54) is 38.6 Å². The SMILES string of the molecule is CN(C)C[C@@H]1CCCC2c3ccccc3CC[C@@H]21. The molecule has 2 aliphatic carbocycles. The first-order valence-electron chi connectivity index (χ1n) is 7.48. The number of hydrogen-bond donors (Lipinski definition) is 0. The lowest BCUT2D eigenvalue weighted by molar-refractivity contribution is 0.146. The van der Waals surface area contributed by atoms with Crippen molar-refractivity contribution < 1.29 is 0 Å². The molecule has 0 N–H and O–H groups in total. The summed E-state index contributed by atoms with van der Waals surface area (Å²) in [6.45, 7) is 1.28. The van der Waals surface area contributed by atoms with Gasteiger partial charge in [0.25, 0.3) is 0 Å². The third kappa shape index (κ3) is 2.21. The van der Waals surface area contributed by atoms with Crippen LogP contribution in [0.3, 0.4) is 0 Å². The fourth-order valence-electron chi connectivity index (χ4n) is 4.32. The highest BCUT2D eigenvalue weighted by Crippen LogP contribution is 2.47. The predicted octanol–water partition coefficient (Wildman–Crippen LogP) is 3.69. The van der Waals surface area contributed by atoms with Gasteiger partial charge in [-0.15, -0.1) is 0 Å². The van der Waals surface area contributed by atoms with E-state index in [2.05, 4.69) is 43.3 Å². The number of hydrogen-bond acceptors (Lipinski definition) is 1. The zero-order valence-corrected chi connectivity index (χ0v) is 11.7. The molecule has 1 aromatic rings. The molecule has 3 rings (SSSR count). The highest BCUT2D eigenvalue weighted by molar-refractivity contribution is 5.34. The summed E-state index contributed by atoms with van der Waals surface area (Å²) < 4.78 is 0. The van der Waals surface area contributed by atoms with Crippen LogP contribution < -0.4 is 0 Å². The molecule has 18 heavy (non-hydrogen) atoms. The van der Waals surface area contributed by atoms with Gasteiger partial charge in [0.1, 0.15) is 0 Å². The van der Waals surface area contributed by atoms with Gasteiger partial charge in [-0.05, 0) is 68.7 Å². The van der Waals surface area contributed by atoms with Gasteiger partial charge in [-0.25, -0.2) is 0 Å². The molecular weight excluding hydrogens is 218 g/mol. The van der Waals surface area contributed by atoms with Crippen molar-refractivity contribution in [3.8, 4) is 0 Å². The summed E-state index contributed by atoms with van der Waals surface area (Å²) in [7, 11) is 4.45. The summed E-state index contributed by atoms with van der Waals surface area (Å²) in [6.07, 6.45) is 7.02. The maximum Gasteiger partial charge on any atom is 0.000643 e. The second kappa shape index (κ2) is 5.05. The van der Waals surface area contributed by atoms with Crippen molar-refractivity contribution in [2.24, 2.45) is 11.8 Å². The van der Waals surface area contributed by atoms with Crippen molar-refractivity contribution in [3.05, 3.63) is 35.4 Å². The molecule has 0 aliphatic heterocycles. The molecule has 0 amide bonds. The van der Waals surface area contributed by atoms with E-state index in [-0.39, 0.29) is 0 Å². The lowest BCUT2D eigenvalue weighted by Gasteiger charge is -2.43. The number of nitrogens with zero attached hydrogens (tertiary/aromatic N) is 1. The number of benzene rings is 1. The molecule has 3 atom stereocenters. The van der Waals surface area contributed by atoms with Crippen LogP contribution >= 0.6 is 0 Å². The lowest BCUT2D eigenvalue weighted by Crippen LogP contribution is -2.36. The van der Waals surface area contributed by atoms with Crippen molar-refractivity contribution in [1.82, 2.24) is 4.90 Å². The summed E-state index contributed by atoms with van der Waals surface area (Å²) >= 11 is 0. The Bertz CT molecular complexity index is 410. The van der Waals surface area contributed by atoms with Crippen LogP contribution in [0.2, 0.25) is 0 Å². The van der Waals surface area contributed by atoms with Crippen LogP contribution in [0.5, 0.6) is 0 Å². The summed E-state index contributed by atoms with van der Waals surface area (Å²) in [5, 5.41) is 0. The molecule has 2 aliphatic rings. The van der Waals surface area contributed by atoms with E-state index in [1.54, 1.807) is 11.1 Å². The van der Waals surface area contributed by atoms with Gasteiger partial charge in [-0.1, -0.05) is 30.7 Å². The molecule has 0 spiro atoms. The van der Waals surface area contributed by atoms with Crippen molar-refractivity contribution >= 4 is 0 Å². The van der Waals surface area contributed by atoms with Crippen LogP contribution in [0.4, 0.5) is 0 Å². The number of fused-ring (bicyclic) bond motifs is 3. The largest absolute Gasteiger partial charge is 0.309 e. The van der Waals surface area contributed by atoms with Crippen LogP contribution in [-0.4, -0.2) is 25.5 Å². The van der Waals surface area contributed by atoms with Crippen LogP contribution in [-0.2, 0) is 6.42 Å². The van der Waals surface area contributed by atoms with Crippen molar-refractivity contribution in [1.29, 1.82) is 0 Å². The molecule has 0 saturated heterocycles. The van der Waals surface area contributed by atoms with Crippen LogP contribution in [0, 0.1) is 11.8 Å². The summed E-state index contributed by atoms with van der Waals surface area (Å²) in [4.78, 5) is 2.38. The first-order chi connectivity index (χ1) is 8.75. The fraction of sp³-hybridized carbons (Fsp3) is 0.647. The third-order valence-electron chi connectivity index (χ3n) is 5.01. The molecule has 0 heterocycles. The third-order valence-corrected chi connectivity index (χ3v) is 5.01. The molecule has 1 fully saturated rings. The van der Waals surface area contributed by atoms with E-state index >= 15 is 0 Å². The molecule has 1 nitrogen and oxygen atoms in total. The van der Waals surface area contributed by atoms with Crippen molar-refractivity contribution in [2.75, 3.05) is 20.6 Å². The van der Waals surface area contributed by atoms with Gasteiger partial charge < -0.3 is 4.90 Å². The van der Waals surface area contributed by atoms with E-state index in [0.717, 1.165) is 17.8 Å². The van der Waals surface area contributed by atoms with E-state index in [0.29, 0.717) is 0 Å². The highest BCUT2D eigenvalue weighted by atomic mass is 15.1. The molecule has 1 heteroatoms. The minimum Gasteiger partial charge on any atom is -0.309 e. The average Bonchev–Trinajstić information content (AvgIpc) is 2.38. The Hall–Kier alpha value is -0.820. The van der Waals surface area contributed by atoms with Gasteiger partial charge in [0, 0.05) is 6.54 Å². The Labute approximate surface area is 111 Å². The topological polar surface area (TPSA) is 3.24 Å². The maximum atomic E-state index is 2.39. The Morgan fingerprint density at radius 2 is 1.94 bits per heavy atom. The van der Waals surface area contributed by atoms with Crippen LogP contribution in [0.15, 0.2) is 24.3 Å². The fourth-order valence-corrected chi connectivity index (χ4v) is 4.32. The lowest BCUT2D eigenvalue weighted by atomic mass is 9.63. The van der Waals surface area contributed by atoms with E-state index in [9.17, 15) is 0 Å². The van der Waals surface area contributed by atoms with E-state index < -0.39 is 0 Å². The maximum absolute atomic E-state index is 2.39. The van der Waals surface area contributed by atoms with Crippen molar-refractivity contribution in [2.45, 2.75) is 38.0 Å². The minimum atomic E-state index is 0.855. The second-order valence-electron chi connectivity index (χ2n) is 6.46. The molecule has 98 valence electrons. The minimum absolute atomic E-state index is 0.855. The number of rotatable bonds is 2. The quantitative estimate of drug-likeness (QED) is 0.765. The van der Waals surface area contributed by atoms with Gasteiger partial charge in [0.15, 0.2) is 0 Å². The summed E-state index contributed by atoms with van der Waals surface area (Å²) in [6, 6.07) is 9.18. The molecular formula is C17H25N. The first-order valence-corrected chi connectivity index (χ1v) is 7.48. The Kier molecular flexibility index (Phi) is 3.43. The zero-order valence-electron chi connectivity index (χ0n) is 11.7. The number of aryl methyl sites for hydroxylation is 1. The van der Waals surface area contributed by atoms with Gasteiger partial charge in [0.2, 0.25) is 0 Å². The Morgan fingerprint density at radius 1 is 1.11 bits per heavy atom. The van der Waals surface area contributed by atoms with Gasteiger partial charge in [-0.2, -0.15) is 0 Å². The van der Waals surface area contributed by atoms with E-state index in [4.69, 9.17) is 0 Å². The molecule has 1 saturated carbocycles. The predicted molar refractivity (Wildman–Crippen MR) is 76.9 cm³/mol.